The van der Waals surface area contributed by atoms with Crippen molar-refractivity contribution in [2.24, 2.45) is 5.73 Å². The topological polar surface area (TPSA) is 100 Å². The molecule has 2 N–H and O–H groups in total. The number of aliphatic carboxylic acids is 1. The molecule has 0 radical (unpaired) electrons. The van der Waals surface area contributed by atoms with Gasteiger partial charge in [-0.1, -0.05) is 0 Å². The van der Waals surface area contributed by atoms with Crippen LogP contribution in [0.15, 0.2) is 0 Å². The Labute approximate surface area is 51.5 Å². The first-order valence-corrected chi connectivity index (χ1v) is 2.02. The first kappa shape index (κ1) is 10.7. The lowest BCUT2D eigenvalue weighted by Gasteiger charge is -2.01. The third-order valence-corrected chi connectivity index (χ3v) is 0.372. The summed E-state index contributed by atoms with van der Waals surface area (Å²) >= 11 is 0. The van der Waals surface area contributed by atoms with E-state index in [1.165, 1.54) is 6.92 Å². The molecule has 0 spiro atoms. The Morgan fingerprint density at radius 2 is 1.78 bits per heavy atom. The highest BCUT2D eigenvalue weighted by Crippen LogP contribution is 1.63. The number of nitrogens with two attached hydrogens (primary N) is 1. The molecule has 1 unspecified atom stereocenters. The largest absolute Gasteiger partial charge is 0.548 e. The summed E-state index contributed by atoms with van der Waals surface area (Å²) in [7, 11) is 0. The van der Waals surface area contributed by atoms with Crippen LogP contribution in [0.25, 0.3) is 0 Å². The molecule has 0 saturated carbocycles. The SMILES string of the molecule is CC(N)C(=O)[O-].O=C=O. The second-order valence-electron chi connectivity index (χ2n) is 1.19. The fourth-order valence-electron chi connectivity index (χ4n) is 0. The van der Waals surface area contributed by atoms with E-state index in [0.29, 0.717) is 0 Å². The fourth-order valence-corrected chi connectivity index (χ4v) is 0. The van der Waals surface area contributed by atoms with Gasteiger partial charge in [-0.25, -0.2) is 0 Å². The summed E-state index contributed by atoms with van der Waals surface area (Å²) in [6.07, 6.45) is 0.250. The maximum Gasteiger partial charge on any atom is 0.373 e. The quantitative estimate of drug-likeness (QED) is 0.425. The first-order valence-electron chi connectivity index (χ1n) is 2.02. The first-order chi connectivity index (χ1) is 4.06. The van der Waals surface area contributed by atoms with E-state index < -0.39 is 12.0 Å². The molecule has 52 valence electrons. The molecule has 0 aliphatic carbocycles. The predicted molar refractivity (Wildman–Crippen MR) is 23.7 cm³/mol. The average Bonchev–Trinajstić information content (AvgIpc) is 1.68. The fraction of sp³-hybridized carbons (Fsp3) is 0.500. The van der Waals surface area contributed by atoms with Crippen molar-refractivity contribution in [2.75, 3.05) is 0 Å². The van der Waals surface area contributed by atoms with Gasteiger partial charge in [0, 0.05) is 6.04 Å². The molecule has 0 aromatic rings. The van der Waals surface area contributed by atoms with Crippen molar-refractivity contribution in [1.82, 2.24) is 0 Å². The molecule has 0 bridgehead atoms. The highest BCUT2D eigenvalue weighted by molar-refractivity contribution is 5.70. The molecule has 0 fully saturated rings. The molecule has 9 heavy (non-hydrogen) atoms. The molecule has 0 heterocycles. The smallest absolute Gasteiger partial charge is 0.373 e. The van der Waals surface area contributed by atoms with Gasteiger partial charge in [0.15, 0.2) is 0 Å². The maximum atomic E-state index is 9.46. The molecule has 5 nitrogen and oxygen atoms in total. The Kier molecular flexibility index (Phi) is 8.12. The summed E-state index contributed by atoms with van der Waals surface area (Å²) in [5, 5.41) is 9.46. The summed E-state index contributed by atoms with van der Waals surface area (Å²) in [5.74, 6) is -1.21. The van der Waals surface area contributed by atoms with Crippen LogP contribution < -0.4 is 10.8 Å². The van der Waals surface area contributed by atoms with Crippen molar-refractivity contribution >= 4 is 12.1 Å². The average molecular weight is 132 g/mol. The molecular formula is C4H6NO4-. The zero-order valence-electron chi connectivity index (χ0n) is 4.79. The summed E-state index contributed by atoms with van der Waals surface area (Å²) in [6, 6.07) is -0.843. The van der Waals surface area contributed by atoms with Crippen molar-refractivity contribution in [2.45, 2.75) is 13.0 Å². The minimum atomic E-state index is -1.21. The van der Waals surface area contributed by atoms with Crippen LogP contribution in [0.1, 0.15) is 6.92 Å². The molecule has 0 aliphatic heterocycles. The Morgan fingerprint density at radius 1 is 1.67 bits per heavy atom. The third kappa shape index (κ3) is 20.0. The molecular weight excluding hydrogens is 126 g/mol. The van der Waals surface area contributed by atoms with E-state index >= 15 is 0 Å². The van der Waals surface area contributed by atoms with Crippen LogP contribution in [0, 0.1) is 0 Å². The highest BCUT2D eigenvalue weighted by Gasteiger charge is 1.87. The third-order valence-electron chi connectivity index (χ3n) is 0.372. The number of hydrogen-bond acceptors (Lipinski definition) is 5. The normalized spacial score (nSPS) is 10.0. The van der Waals surface area contributed by atoms with Crippen molar-refractivity contribution in [3.05, 3.63) is 0 Å². The minimum Gasteiger partial charge on any atom is -0.548 e. The van der Waals surface area contributed by atoms with Crippen LogP contribution >= 0.6 is 0 Å². The van der Waals surface area contributed by atoms with Gasteiger partial charge in [-0.15, -0.1) is 0 Å². The van der Waals surface area contributed by atoms with Crippen LogP contribution in [0.5, 0.6) is 0 Å². The van der Waals surface area contributed by atoms with E-state index in [0.717, 1.165) is 0 Å². The Balaban J connectivity index is 0. The van der Waals surface area contributed by atoms with Crippen molar-refractivity contribution < 1.29 is 19.5 Å². The Bertz CT molecular complexity index is 114. The predicted octanol–water partition coefficient (Wildman–Crippen LogP) is -2.50. The molecule has 0 aliphatic rings. The van der Waals surface area contributed by atoms with Gasteiger partial charge in [-0.05, 0) is 6.92 Å². The van der Waals surface area contributed by atoms with E-state index in [1.807, 2.05) is 0 Å². The second kappa shape index (κ2) is 6.81. The van der Waals surface area contributed by atoms with Gasteiger partial charge in [0.1, 0.15) is 0 Å². The molecule has 0 aromatic carbocycles. The molecule has 0 aromatic heterocycles. The van der Waals surface area contributed by atoms with Gasteiger partial charge in [0.2, 0.25) is 0 Å². The van der Waals surface area contributed by atoms with Gasteiger partial charge in [0.25, 0.3) is 0 Å². The molecule has 0 rings (SSSR count). The lowest BCUT2D eigenvalue weighted by molar-refractivity contribution is -0.307. The Hall–Kier alpha value is -1.19. The number of carboxylic acid groups (broad SMARTS) is 1. The second-order valence-corrected chi connectivity index (χ2v) is 1.19. The van der Waals surface area contributed by atoms with E-state index in [2.05, 4.69) is 0 Å². The van der Waals surface area contributed by atoms with E-state index in [4.69, 9.17) is 15.3 Å². The standard InChI is InChI=1S/C3H7NO2.CO2/c1-2(4)3(5)6;2-1-3/h2H,4H2,1H3,(H,5,6);/p-1. The number of carboxylic acids is 1. The van der Waals surface area contributed by atoms with Crippen molar-refractivity contribution in [1.29, 1.82) is 0 Å². The van der Waals surface area contributed by atoms with Crippen LogP contribution in [0.2, 0.25) is 0 Å². The number of carbonyl (C=O) groups is 1. The highest BCUT2D eigenvalue weighted by atomic mass is 16.4. The van der Waals surface area contributed by atoms with Crippen LogP contribution in [0.4, 0.5) is 0 Å². The van der Waals surface area contributed by atoms with Crippen LogP contribution in [-0.2, 0) is 14.4 Å². The zero-order valence-corrected chi connectivity index (χ0v) is 4.79. The summed E-state index contributed by atoms with van der Waals surface area (Å²) in [4.78, 5) is 25.7. The number of carbonyl (C=O) groups excluding carboxylic acids is 3. The van der Waals surface area contributed by atoms with Crippen LogP contribution in [-0.4, -0.2) is 18.2 Å². The summed E-state index contributed by atoms with van der Waals surface area (Å²) < 4.78 is 0. The molecule has 0 saturated heterocycles. The van der Waals surface area contributed by atoms with Gasteiger partial charge in [0.05, 0.1) is 5.97 Å². The summed E-state index contributed by atoms with van der Waals surface area (Å²) in [5.41, 5.74) is 4.77. The van der Waals surface area contributed by atoms with Gasteiger partial charge < -0.3 is 15.6 Å². The van der Waals surface area contributed by atoms with E-state index in [1.54, 1.807) is 0 Å². The minimum absolute atomic E-state index is 0.250. The van der Waals surface area contributed by atoms with Crippen molar-refractivity contribution in [3.8, 4) is 0 Å². The number of hydrogen-bond donors (Lipinski definition) is 1. The van der Waals surface area contributed by atoms with Gasteiger partial charge in [-0.2, -0.15) is 9.59 Å². The van der Waals surface area contributed by atoms with Gasteiger partial charge in [-0.3, -0.25) is 0 Å². The number of rotatable bonds is 1. The van der Waals surface area contributed by atoms with E-state index in [9.17, 15) is 9.90 Å². The van der Waals surface area contributed by atoms with Crippen LogP contribution in [0.3, 0.4) is 0 Å². The van der Waals surface area contributed by atoms with E-state index in [-0.39, 0.29) is 6.15 Å². The lowest BCUT2D eigenvalue weighted by Crippen LogP contribution is -2.39. The summed E-state index contributed by atoms with van der Waals surface area (Å²) in [6.45, 7) is 1.36. The monoisotopic (exact) mass is 132 g/mol. The lowest BCUT2D eigenvalue weighted by atomic mass is 10.4. The molecule has 0 amide bonds. The van der Waals surface area contributed by atoms with Crippen molar-refractivity contribution in [3.63, 3.8) is 0 Å². The molecule has 5 heteroatoms. The Morgan fingerprint density at radius 3 is 1.78 bits per heavy atom. The maximum absolute atomic E-state index is 9.46. The van der Waals surface area contributed by atoms with Gasteiger partial charge >= 0.3 is 6.15 Å². The zero-order chi connectivity index (χ0) is 7.86. The molecule has 1 atom stereocenters.